The second-order valence-corrected chi connectivity index (χ2v) is 3.41. The molecule has 0 aliphatic carbocycles. The highest BCUT2D eigenvalue weighted by molar-refractivity contribution is 5.91. The van der Waals surface area contributed by atoms with Gasteiger partial charge in [-0.1, -0.05) is 13.8 Å². The molecule has 0 radical (unpaired) electrons. The molecule has 0 saturated heterocycles. The Hall–Kier alpha value is -1.32. The second kappa shape index (κ2) is 4.64. The fourth-order valence-electron chi connectivity index (χ4n) is 0.952. The lowest BCUT2D eigenvalue weighted by Gasteiger charge is -2.05. The Bertz CT molecular complexity index is 254. The van der Waals surface area contributed by atoms with E-state index in [-0.39, 0.29) is 5.91 Å². The minimum atomic E-state index is -0.0850. The molecule has 4 nitrogen and oxygen atoms in total. The Morgan fingerprint density at radius 3 is 3.00 bits per heavy atom. The molecule has 0 fully saturated rings. The maximum Gasteiger partial charge on any atom is 0.269 e. The minimum absolute atomic E-state index is 0.0850. The summed E-state index contributed by atoms with van der Waals surface area (Å²) in [4.78, 5) is 11.3. The van der Waals surface area contributed by atoms with Crippen molar-refractivity contribution in [3.8, 4) is 0 Å². The Morgan fingerprint density at radius 2 is 2.46 bits per heavy atom. The zero-order chi connectivity index (χ0) is 9.68. The van der Waals surface area contributed by atoms with Gasteiger partial charge in [-0.2, -0.15) is 5.10 Å². The van der Waals surface area contributed by atoms with E-state index in [1.807, 2.05) is 0 Å². The number of carbonyl (C=O) groups is 1. The van der Waals surface area contributed by atoms with Gasteiger partial charge in [0.15, 0.2) is 0 Å². The topological polar surface area (TPSA) is 57.8 Å². The molecule has 1 aromatic heterocycles. The van der Waals surface area contributed by atoms with E-state index < -0.39 is 0 Å². The fourth-order valence-corrected chi connectivity index (χ4v) is 0.952. The van der Waals surface area contributed by atoms with E-state index in [9.17, 15) is 4.79 Å². The van der Waals surface area contributed by atoms with Gasteiger partial charge in [-0.25, -0.2) is 0 Å². The first-order chi connectivity index (χ1) is 6.20. The molecule has 4 heteroatoms. The predicted molar refractivity (Wildman–Crippen MR) is 50.4 cm³/mol. The van der Waals surface area contributed by atoms with E-state index in [2.05, 4.69) is 29.4 Å². The highest BCUT2D eigenvalue weighted by Gasteiger charge is 2.05. The first-order valence-electron chi connectivity index (χ1n) is 4.47. The van der Waals surface area contributed by atoms with Crippen molar-refractivity contribution in [1.29, 1.82) is 0 Å². The molecule has 2 N–H and O–H groups in total. The van der Waals surface area contributed by atoms with E-state index in [1.165, 1.54) is 0 Å². The van der Waals surface area contributed by atoms with Crippen molar-refractivity contribution in [3.63, 3.8) is 0 Å². The highest BCUT2D eigenvalue weighted by Crippen LogP contribution is 1.97. The largest absolute Gasteiger partial charge is 0.351 e. The van der Waals surface area contributed by atoms with Crippen LogP contribution >= 0.6 is 0 Å². The maximum absolute atomic E-state index is 11.3. The third kappa shape index (κ3) is 3.27. The molecule has 0 aliphatic heterocycles. The molecule has 1 aromatic rings. The van der Waals surface area contributed by atoms with Gasteiger partial charge in [0, 0.05) is 12.7 Å². The standard InChI is InChI=1S/C9H15N3O/c1-7(2)3-5-10-9(13)8-4-6-11-12-8/h4,6-7H,3,5H2,1-2H3,(H,10,13)(H,11,12). The van der Waals surface area contributed by atoms with Gasteiger partial charge in [-0.3, -0.25) is 9.89 Å². The monoisotopic (exact) mass is 181 g/mol. The summed E-state index contributed by atoms with van der Waals surface area (Å²) in [6, 6.07) is 1.66. The van der Waals surface area contributed by atoms with Gasteiger partial charge in [0.05, 0.1) is 0 Å². The predicted octanol–water partition coefficient (Wildman–Crippen LogP) is 1.19. The second-order valence-electron chi connectivity index (χ2n) is 3.41. The molecule has 72 valence electrons. The van der Waals surface area contributed by atoms with Gasteiger partial charge in [-0.15, -0.1) is 0 Å². The third-order valence-electron chi connectivity index (χ3n) is 1.75. The summed E-state index contributed by atoms with van der Waals surface area (Å²) in [6.45, 7) is 4.97. The molecule has 0 aromatic carbocycles. The molecule has 13 heavy (non-hydrogen) atoms. The number of nitrogens with one attached hydrogen (secondary N) is 2. The summed E-state index contributed by atoms with van der Waals surface area (Å²) < 4.78 is 0. The van der Waals surface area contributed by atoms with Crippen molar-refractivity contribution in [2.24, 2.45) is 5.92 Å². The van der Waals surface area contributed by atoms with Crippen LogP contribution in [0.3, 0.4) is 0 Å². The van der Waals surface area contributed by atoms with E-state index >= 15 is 0 Å². The van der Waals surface area contributed by atoms with Crippen molar-refractivity contribution < 1.29 is 4.79 Å². The van der Waals surface area contributed by atoms with E-state index in [0.29, 0.717) is 11.6 Å². The van der Waals surface area contributed by atoms with Crippen LogP contribution in [0.2, 0.25) is 0 Å². The van der Waals surface area contributed by atoms with Crippen molar-refractivity contribution >= 4 is 5.91 Å². The number of hydrogen-bond donors (Lipinski definition) is 2. The highest BCUT2D eigenvalue weighted by atomic mass is 16.1. The fraction of sp³-hybridized carbons (Fsp3) is 0.556. The Kier molecular flexibility index (Phi) is 3.49. The zero-order valence-corrected chi connectivity index (χ0v) is 8.00. The summed E-state index contributed by atoms with van der Waals surface area (Å²) in [6.07, 6.45) is 2.57. The molecule has 0 unspecified atom stereocenters. The van der Waals surface area contributed by atoms with Crippen LogP contribution in [0.5, 0.6) is 0 Å². The molecule has 0 bridgehead atoms. The van der Waals surface area contributed by atoms with Gasteiger partial charge in [0.2, 0.25) is 0 Å². The summed E-state index contributed by atoms with van der Waals surface area (Å²) in [5, 5.41) is 9.12. The van der Waals surface area contributed by atoms with Crippen molar-refractivity contribution in [1.82, 2.24) is 15.5 Å². The van der Waals surface area contributed by atoms with Gasteiger partial charge in [-0.05, 0) is 18.4 Å². The van der Waals surface area contributed by atoms with Crippen LogP contribution in [0.4, 0.5) is 0 Å². The molecule has 1 rings (SSSR count). The lowest BCUT2D eigenvalue weighted by atomic mass is 10.1. The number of aromatic nitrogens is 2. The first-order valence-corrected chi connectivity index (χ1v) is 4.47. The Labute approximate surface area is 77.7 Å². The number of H-pyrrole nitrogens is 1. The number of hydrogen-bond acceptors (Lipinski definition) is 2. The molecular formula is C9H15N3O. The molecule has 1 heterocycles. The Balaban J connectivity index is 2.27. The van der Waals surface area contributed by atoms with Crippen molar-refractivity contribution in [3.05, 3.63) is 18.0 Å². The average molecular weight is 181 g/mol. The van der Waals surface area contributed by atoms with E-state index in [1.54, 1.807) is 12.3 Å². The van der Waals surface area contributed by atoms with Crippen molar-refractivity contribution in [2.75, 3.05) is 6.54 Å². The summed E-state index contributed by atoms with van der Waals surface area (Å²) in [7, 11) is 0. The van der Waals surface area contributed by atoms with Gasteiger partial charge >= 0.3 is 0 Å². The summed E-state index contributed by atoms with van der Waals surface area (Å²) >= 11 is 0. The minimum Gasteiger partial charge on any atom is -0.351 e. The average Bonchev–Trinajstić information content (AvgIpc) is 2.55. The molecule has 1 amide bonds. The molecule has 0 spiro atoms. The molecule has 0 aliphatic rings. The van der Waals surface area contributed by atoms with Gasteiger partial charge in [0.25, 0.3) is 5.91 Å². The smallest absolute Gasteiger partial charge is 0.269 e. The van der Waals surface area contributed by atoms with Gasteiger partial charge < -0.3 is 5.32 Å². The lowest BCUT2D eigenvalue weighted by Crippen LogP contribution is -2.25. The lowest BCUT2D eigenvalue weighted by molar-refractivity contribution is 0.0947. The summed E-state index contributed by atoms with van der Waals surface area (Å²) in [5.74, 6) is 0.528. The number of amides is 1. The van der Waals surface area contributed by atoms with Crippen LogP contribution in [0.15, 0.2) is 12.3 Å². The number of nitrogens with zero attached hydrogens (tertiary/aromatic N) is 1. The Morgan fingerprint density at radius 1 is 1.69 bits per heavy atom. The number of carbonyl (C=O) groups excluding carboxylic acids is 1. The SMILES string of the molecule is CC(C)CCNC(=O)c1ccn[nH]1. The number of aromatic amines is 1. The van der Waals surface area contributed by atoms with Crippen LogP contribution < -0.4 is 5.32 Å². The maximum atomic E-state index is 11.3. The zero-order valence-electron chi connectivity index (χ0n) is 8.00. The van der Waals surface area contributed by atoms with Crippen LogP contribution in [-0.4, -0.2) is 22.6 Å². The van der Waals surface area contributed by atoms with Crippen LogP contribution in [0.25, 0.3) is 0 Å². The van der Waals surface area contributed by atoms with E-state index in [0.717, 1.165) is 13.0 Å². The van der Waals surface area contributed by atoms with Crippen molar-refractivity contribution in [2.45, 2.75) is 20.3 Å². The normalized spacial score (nSPS) is 10.4. The molecular weight excluding hydrogens is 166 g/mol. The third-order valence-corrected chi connectivity index (χ3v) is 1.75. The van der Waals surface area contributed by atoms with Crippen LogP contribution in [0, 0.1) is 5.92 Å². The first kappa shape index (κ1) is 9.77. The quantitative estimate of drug-likeness (QED) is 0.733. The summed E-state index contributed by atoms with van der Waals surface area (Å²) in [5.41, 5.74) is 0.517. The van der Waals surface area contributed by atoms with E-state index in [4.69, 9.17) is 0 Å². The van der Waals surface area contributed by atoms with Gasteiger partial charge in [0.1, 0.15) is 5.69 Å². The molecule has 0 saturated carbocycles. The molecule has 0 atom stereocenters. The number of rotatable bonds is 4. The van der Waals surface area contributed by atoms with Crippen LogP contribution in [-0.2, 0) is 0 Å². The van der Waals surface area contributed by atoms with Crippen LogP contribution in [0.1, 0.15) is 30.8 Å².